The highest BCUT2D eigenvalue weighted by Crippen LogP contribution is 2.40. The molecule has 2 atom stereocenters. The largest absolute Gasteiger partial charge is 0.361 e. The van der Waals surface area contributed by atoms with Crippen LogP contribution < -0.4 is 0 Å². The molecule has 1 aromatic heterocycles. The molecule has 3 aliphatic rings. The van der Waals surface area contributed by atoms with Gasteiger partial charge in [-0.05, 0) is 67.8 Å². The van der Waals surface area contributed by atoms with E-state index in [0.717, 1.165) is 55.9 Å². The maximum atomic E-state index is 13.3. The summed E-state index contributed by atoms with van der Waals surface area (Å²) in [5.41, 5.74) is 6.27. The Balaban J connectivity index is 1.37. The van der Waals surface area contributed by atoms with Gasteiger partial charge in [0.1, 0.15) is 0 Å². The second-order valence-corrected chi connectivity index (χ2v) is 8.31. The van der Waals surface area contributed by atoms with Crippen LogP contribution in [-0.2, 0) is 25.8 Å². The average molecular weight is 355 g/mol. The molecule has 0 unspecified atom stereocenters. The normalized spacial score (nSPS) is 25.6. The SMILES string of the molecule is O=C1c2c([nH]c3c2CCC3)C[C@@H]2CCN(Cc3ccc(Cl)cc3)C[C@@H]12. The zero-order valence-electron chi connectivity index (χ0n) is 14.4. The van der Waals surface area contributed by atoms with Crippen molar-refractivity contribution < 1.29 is 4.79 Å². The number of Topliss-reactive ketones (excluding diaryl/α,β-unsaturated/α-hetero) is 1. The van der Waals surface area contributed by atoms with E-state index in [-0.39, 0.29) is 5.92 Å². The van der Waals surface area contributed by atoms with E-state index in [1.807, 2.05) is 12.1 Å². The lowest BCUT2D eigenvalue weighted by Crippen LogP contribution is -2.46. The van der Waals surface area contributed by atoms with Gasteiger partial charge in [0.2, 0.25) is 0 Å². The molecule has 0 radical (unpaired) electrons. The molecule has 2 aromatic rings. The predicted octanol–water partition coefficient (Wildman–Crippen LogP) is 4.03. The molecular weight excluding hydrogens is 332 g/mol. The molecule has 1 saturated heterocycles. The van der Waals surface area contributed by atoms with Crippen molar-refractivity contribution in [2.24, 2.45) is 11.8 Å². The van der Waals surface area contributed by atoms with Crippen molar-refractivity contribution in [1.82, 2.24) is 9.88 Å². The van der Waals surface area contributed by atoms with Gasteiger partial charge in [0.25, 0.3) is 0 Å². The first-order chi connectivity index (χ1) is 12.2. The first kappa shape index (κ1) is 15.7. The van der Waals surface area contributed by atoms with Crippen LogP contribution in [0.1, 0.15) is 45.7 Å². The molecular formula is C21H23ClN2O. The molecule has 3 nitrogen and oxygen atoms in total. The Bertz CT molecular complexity index is 823. The number of aryl methyl sites for hydroxylation is 1. The molecule has 2 heterocycles. The van der Waals surface area contributed by atoms with E-state index < -0.39 is 0 Å². The summed E-state index contributed by atoms with van der Waals surface area (Å²) in [5.74, 6) is 1.10. The number of piperidine rings is 1. The first-order valence-corrected chi connectivity index (χ1v) is 9.80. The Morgan fingerprint density at radius 2 is 2.00 bits per heavy atom. The van der Waals surface area contributed by atoms with Gasteiger partial charge in [-0.15, -0.1) is 0 Å². The number of halogens is 1. The van der Waals surface area contributed by atoms with Crippen LogP contribution in [0.3, 0.4) is 0 Å². The number of aromatic amines is 1. The fraction of sp³-hybridized carbons (Fsp3) is 0.476. The quantitative estimate of drug-likeness (QED) is 0.883. The highest BCUT2D eigenvalue weighted by Gasteiger charge is 2.42. The molecule has 0 bridgehead atoms. The average Bonchev–Trinajstić information content (AvgIpc) is 3.18. The topological polar surface area (TPSA) is 36.1 Å². The van der Waals surface area contributed by atoms with Crippen molar-refractivity contribution in [2.75, 3.05) is 13.1 Å². The van der Waals surface area contributed by atoms with Crippen molar-refractivity contribution >= 4 is 17.4 Å². The minimum Gasteiger partial charge on any atom is -0.361 e. The van der Waals surface area contributed by atoms with E-state index >= 15 is 0 Å². The summed E-state index contributed by atoms with van der Waals surface area (Å²) >= 11 is 5.99. The number of benzene rings is 1. The lowest BCUT2D eigenvalue weighted by Gasteiger charge is -2.40. The Kier molecular flexibility index (Phi) is 3.76. The third-order valence-corrected chi connectivity index (χ3v) is 6.58. The molecule has 1 N–H and O–H groups in total. The summed E-state index contributed by atoms with van der Waals surface area (Å²) in [7, 11) is 0. The zero-order chi connectivity index (χ0) is 17.0. The number of rotatable bonds is 2. The van der Waals surface area contributed by atoms with Gasteiger partial charge in [0.15, 0.2) is 5.78 Å². The van der Waals surface area contributed by atoms with Gasteiger partial charge < -0.3 is 4.98 Å². The Hall–Kier alpha value is -1.58. The second kappa shape index (κ2) is 6.00. The van der Waals surface area contributed by atoms with Crippen LogP contribution in [0, 0.1) is 11.8 Å². The van der Waals surface area contributed by atoms with E-state index in [1.165, 1.54) is 28.9 Å². The summed E-state index contributed by atoms with van der Waals surface area (Å²) < 4.78 is 0. The minimum atomic E-state index is 0.175. The number of ketones is 1. The lowest BCUT2D eigenvalue weighted by atomic mass is 9.72. The summed E-state index contributed by atoms with van der Waals surface area (Å²) in [6.07, 6.45) is 5.57. The van der Waals surface area contributed by atoms with Crippen LogP contribution in [-0.4, -0.2) is 28.8 Å². The van der Waals surface area contributed by atoms with Gasteiger partial charge in [-0.25, -0.2) is 0 Å². The smallest absolute Gasteiger partial charge is 0.169 e. The fourth-order valence-corrected chi connectivity index (χ4v) is 5.21. The van der Waals surface area contributed by atoms with Crippen molar-refractivity contribution in [2.45, 2.75) is 38.6 Å². The molecule has 25 heavy (non-hydrogen) atoms. The van der Waals surface area contributed by atoms with Crippen LogP contribution in [0.4, 0.5) is 0 Å². The van der Waals surface area contributed by atoms with Gasteiger partial charge in [-0.3, -0.25) is 9.69 Å². The number of H-pyrrole nitrogens is 1. The predicted molar refractivity (Wildman–Crippen MR) is 99.2 cm³/mol. The maximum Gasteiger partial charge on any atom is 0.169 e. The van der Waals surface area contributed by atoms with E-state index in [1.54, 1.807) is 0 Å². The van der Waals surface area contributed by atoms with Gasteiger partial charge >= 0.3 is 0 Å². The molecule has 130 valence electrons. The number of hydrogen-bond donors (Lipinski definition) is 1. The first-order valence-electron chi connectivity index (χ1n) is 9.42. The highest BCUT2D eigenvalue weighted by atomic mass is 35.5. The number of fused-ring (bicyclic) bond motifs is 4. The number of nitrogens with zero attached hydrogens (tertiary/aromatic N) is 1. The summed E-state index contributed by atoms with van der Waals surface area (Å²) in [5, 5.41) is 0.777. The summed E-state index contributed by atoms with van der Waals surface area (Å²) in [6, 6.07) is 8.08. The number of likely N-dealkylation sites (tertiary alicyclic amines) is 1. The lowest BCUT2D eigenvalue weighted by molar-refractivity contribution is 0.0644. The van der Waals surface area contributed by atoms with E-state index in [9.17, 15) is 4.79 Å². The Labute approximate surface area is 153 Å². The van der Waals surface area contributed by atoms with E-state index in [0.29, 0.717) is 11.7 Å². The van der Waals surface area contributed by atoms with Crippen molar-refractivity contribution in [3.05, 3.63) is 57.4 Å². The van der Waals surface area contributed by atoms with Gasteiger partial charge in [-0.2, -0.15) is 0 Å². The molecule has 1 fully saturated rings. The Morgan fingerprint density at radius 1 is 1.16 bits per heavy atom. The molecule has 0 spiro atoms. The number of nitrogens with one attached hydrogen (secondary N) is 1. The van der Waals surface area contributed by atoms with Crippen molar-refractivity contribution in [3.8, 4) is 0 Å². The maximum absolute atomic E-state index is 13.3. The fourth-order valence-electron chi connectivity index (χ4n) is 5.08. The molecule has 1 aromatic carbocycles. The zero-order valence-corrected chi connectivity index (χ0v) is 15.1. The molecule has 5 rings (SSSR count). The molecule has 0 saturated carbocycles. The number of carbonyl (C=O) groups is 1. The number of hydrogen-bond acceptors (Lipinski definition) is 2. The molecule has 4 heteroatoms. The van der Waals surface area contributed by atoms with Gasteiger partial charge in [0.05, 0.1) is 0 Å². The van der Waals surface area contributed by atoms with Crippen molar-refractivity contribution in [3.63, 3.8) is 0 Å². The van der Waals surface area contributed by atoms with Gasteiger partial charge in [0, 0.05) is 41.0 Å². The number of carbonyl (C=O) groups excluding carboxylic acids is 1. The Morgan fingerprint density at radius 3 is 2.84 bits per heavy atom. The van der Waals surface area contributed by atoms with Crippen LogP contribution >= 0.6 is 11.6 Å². The molecule has 2 aliphatic carbocycles. The van der Waals surface area contributed by atoms with Gasteiger partial charge in [-0.1, -0.05) is 23.7 Å². The van der Waals surface area contributed by atoms with Crippen LogP contribution in [0.15, 0.2) is 24.3 Å². The third-order valence-electron chi connectivity index (χ3n) is 6.33. The van der Waals surface area contributed by atoms with Crippen LogP contribution in [0.2, 0.25) is 5.02 Å². The third kappa shape index (κ3) is 2.65. The number of aromatic nitrogens is 1. The highest BCUT2D eigenvalue weighted by molar-refractivity contribution is 6.30. The van der Waals surface area contributed by atoms with E-state index in [2.05, 4.69) is 22.0 Å². The van der Waals surface area contributed by atoms with Crippen LogP contribution in [0.25, 0.3) is 0 Å². The van der Waals surface area contributed by atoms with Crippen molar-refractivity contribution in [1.29, 1.82) is 0 Å². The second-order valence-electron chi connectivity index (χ2n) is 7.87. The molecule has 1 aliphatic heterocycles. The minimum absolute atomic E-state index is 0.175. The summed E-state index contributed by atoms with van der Waals surface area (Å²) in [4.78, 5) is 19.3. The van der Waals surface area contributed by atoms with Crippen LogP contribution in [0.5, 0.6) is 0 Å². The molecule has 0 amide bonds. The standard InChI is InChI=1S/C21H23ClN2O/c22-15-6-4-13(5-7-15)11-24-9-8-14-10-19-20(21(25)17(14)12-24)16-2-1-3-18(16)23-19/h4-7,14,17,23H,1-3,8-12H2/t14-,17+/m0/s1. The van der Waals surface area contributed by atoms with E-state index in [4.69, 9.17) is 11.6 Å². The monoisotopic (exact) mass is 354 g/mol. The summed E-state index contributed by atoms with van der Waals surface area (Å²) in [6.45, 7) is 2.88.